The summed E-state index contributed by atoms with van der Waals surface area (Å²) in [6.07, 6.45) is -0.176. The number of phenols is 1. The lowest BCUT2D eigenvalue weighted by molar-refractivity contribution is -0.199. The first-order chi connectivity index (χ1) is 24.4. The van der Waals surface area contributed by atoms with Crippen molar-refractivity contribution in [2.75, 3.05) is 0 Å². The van der Waals surface area contributed by atoms with Crippen LogP contribution in [0.25, 0.3) is 16.5 Å². The maximum atomic E-state index is 15.0. The van der Waals surface area contributed by atoms with Gasteiger partial charge < -0.3 is 20.4 Å². The molecule has 0 spiro atoms. The first-order valence-electron chi connectivity index (χ1n) is 17.9. The van der Waals surface area contributed by atoms with Gasteiger partial charge in [0.2, 0.25) is 5.78 Å². The minimum absolute atomic E-state index is 0.0842. The van der Waals surface area contributed by atoms with E-state index in [1.807, 2.05) is 42.5 Å². The zero-order valence-electron chi connectivity index (χ0n) is 30.7. The van der Waals surface area contributed by atoms with Gasteiger partial charge in [-0.1, -0.05) is 96.1 Å². The molecular weight excluding hydrogens is 660 g/mol. The van der Waals surface area contributed by atoms with Gasteiger partial charge in [-0.2, -0.15) is 0 Å². The summed E-state index contributed by atoms with van der Waals surface area (Å²) in [6, 6.07) is 16.8. The van der Waals surface area contributed by atoms with Crippen molar-refractivity contribution >= 4 is 45.4 Å². The third-order valence-corrected chi connectivity index (χ3v) is 12.7. The van der Waals surface area contributed by atoms with Crippen molar-refractivity contribution in [2.24, 2.45) is 28.6 Å². The summed E-state index contributed by atoms with van der Waals surface area (Å²) in [5.41, 5.74) is -5.66. The number of fused-ring (bicyclic) bond motifs is 4. The molecule has 3 aliphatic rings. The highest BCUT2D eigenvalue weighted by Gasteiger charge is 2.76. The zero-order valence-corrected chi connectivity index (χ0v) is 30.7. The van der Waals surface area contributed by atoms with Crippen LogP contribution < -0.4 is 0 Å². The van der Waals surface area contributed by atoms with E-state index in [2.05, 4.69) is 0 Å². The largest absolute Gasteiger partial charge is 0.508 e. The molecule has 0 radical (unpaired) electrons. The number of ketones is 5. The Balaban J connectivity index is 1.54. The van der Waals surface area contributed by atoms with Crippen LogP contribution in [0.2, 0.25) is 0 Å². The molecule has 1 saturated carbocycles. The highest BCUT2D eigenvalue weighted by molar-refractivity contribution is 6.24. The standard InChI is InChI=1S/C43H46O9/c1-8-27(45)20-31-41(6)22(4)29-17-16-26(19-28(46)18-25-14-11-13-24-12-9-10-15-30(24)25)36(47)33(29)38(49)35(41)40(51)43(52)39(50)32(23(5)44)37(48)34(21(2)3)42(31,43)7/h9-17,21-22,31,34,47,49-50,52H,8,18-20H2,1-7H3/t22-,31-,34?,41-,42-,43+/m1/s1. The van der Waals surface area contributed by atoms with E-state index >= 15 is 4.79 Å². The monoisotopic (exact) mass is 706 g/mol. The van der Waals surface area contributed by atoms with Gasteiger partial charge in [-0.05, 0) is 46.6 Å². The maximum Gasteiger partial charge on any atom is 0.203 e. The number of aromatic hydroxyl groups is 1. The van der Waals surface area contributed by atoms with Crippen LogP contribution in [0, 0.1) is 28.6 Å². The van der Waals surface area contributed by atoms with Crippen molar-refractivity contribution in [3.63, 3.8) is 0 Å². The van der Waals surface area contributed by atoms with Crippen LogP contribution in [0.1, 0.15) is 89.5 Å². The SMILES string of the molecule is CCC(=O)C[C@@H]1[C@]2(C)C(=C(O)c3c(ccc(CC(=O)Cc4cccc5ccccc45)c3O)[C@H]2C)C(=O)[C@@]2(O)C(O)=C(C(C)=O)C(=O)C(C(C)C)[C@@]12C. The first kappa shape index (κ1) is 36.9. The lowest BCUT2D eigenvalue weighted by atomic mass is 9.37. The number of carbonyl (C=O) groups excluding carboxylic acids is 5. The van der Waals surface area contributed by atoms with Crippen molar-refractivity contribution < 1.29 is 44.4 Å². The first-order valence-corrected chi connectivity index (χ1v) is 17.9. The fourth-order valence-electron chi connectivity index (χ4n) is 10.0. The van der Waals surface area contributed by atoms with Crippen molar-refractivity contribution in [3.8, 4) is 5.75 Å². The molecule has 9 heteroatoms. The van der Waals surface area contributed by atoms with E-state index in [0.29, 0.717) is 5.56 Å². The van der Waals surface area contributed by atoms with Crippen LogP contribution >= 0.6 is 0 Å². The second kappa shape index (κ2) is 12.7. The second-order valence-electron chi connectivity index (χ2n) is 15.6. The average Bonchev–Trinajstić information content (AvgIpc) is 3.08. The Bertz CT molecular complexity index is 2150. The van der Waals surface area contributed by atoms with Gasteiger partial charge in [0.05, 0.1) is 5.56 Å². The summed E-state index contributed by atoms with van der Waals surface area (Å²) < 4.78 is 0. The molecule has 0 saturated heterocycles. The fourth-order valence-corrected chi connectivity index (χ4v) is 10.0. The third-order valence-electron chi connectivity index (χ3n) is 12.7. The van der Waals surface area contributed by atoms with Crippen molar-refractivity contribution in [1.82, 2.24) is 0 Å². The van der Waals surface area contributed by atoms with Crippen LogP contribution in [0.15, 0.2) is 71.5 Å². The highest BCUT2D eigenvalue weighted by Crippen LogP contribution is 2.71. The summed E-state index contributed by atoms with van der Waals surface area (Å²) in [5, 5.41) is 50.3. The van der Waals surface area contributed by atoms with E-state index in [9.17, 15) is 39.6 Å². The fraction of sp³-hybridized carbons (Fsp3) is 0.419. The number of rotatable bonds is 9. The molecule has 6 atom stereocenters. The molecule has 3 aromatic carbocycles. The summed E-state index contributed by atoms with van der Waals surface area (Å²) in [4.78, 5) is 68.9. The van der Waals surface area contributed by atoms with Crippen molar-refractivity contribution in [3.05, 3.63) is 93.8 Å². The van der Waals surface area contributed by atoms with E-state index in [1.54, 1.807) is 46.8 Å². The number of aliphatic hydroxyl groups is 3. The number of hydrogen-bond donors (Lipinski definition) is 4. The summed E-state index contributed by atoms with van der Waals surface area (Å²) in [7, 11) is 0. The Morgan fingerprint density at radius 3 is 2.13 bits per heavy atom. The number of Topliss-reactive ketones (excluding diaryl/α,β-unsaturated/α-hetero) is 5. The van der Waals surface area contributed by atoms with Gasteiger partial charge in [0.15, 0.2) is 17.2 Å². The number of hydrogen-bond acceptors (Lipinski definition) is 9. The molecule has 6 rings (SSSR count). The minimum atomic E-state index is -2.88. The lowest BCUT2D eigenvalue weighted by Crippen LogP contribution is -2.73. The Hall–Kier alpha value is -4.89. The van der Waals surface area contributed by atoms with E-state index < -0.39 is 80.3 Å². The molecule has 1 unspecified atom stereocenters. The van der Waals surface area contributed by atoms with E-state index in [0.717, 1.165) is 23.3 Å². The van der Waals surface area contributed by atoms with Crippen molar-refractivity contribution in [1.29, 1.82) is 0 Å². The van der Waals surface area contributed by atoms with Crippen LogP contribution in [-0.2, 0) is 36.8 Å². The Kier molecular flexibility index (Phi) is 8.98. The predicted molar refractivity (Wildman–Crippen MR) is 196 cm³/mol. The molecule has 1 fully saturated rings. The molecule has 3 aromatic rings. The van der Waals surface area contributed by atoms with Gasteiger partial charge in [-0.3, -0.25) is 24.0 Å². The zero-order chi connectivity index (χ0) is 38.2. The Labute approximate surface area is 303 Å². The average molecular weight is 707 g/mol. The van der Waals surface area contributed by atoms with Gasteiger partial charge in [0.25, 0.3) is 0 Å². The topological polar surface area (TPSA) is 166 Å². The smallest absolute Gasteiger partial charge is 0.203 e. The molecule has 272 valence electrons. The quantitative estimate of drug-likeness (QED) is 0.174. The van der Waals surface area contributed by atoms with Crippen LogP contribution in [0.5, 0.6) is 5.75 Å². The molecule has 0 amide bonds. The summed E-state index contributed by atoms with van der Waals surface area (Å²) in [6.45, 7) is 11.2. The van der Waals surface area contributed by atoms with Gasteiger partial charge >= 0.3 is 0 Å². The van der Waals surface area contributed by atoms with E-state index in [4.69, 9.17) is 0 Å². The Morgan fingerprint density at radius 2 is 1.50 bits per heavy atom. The number of phenolic OH excluding ortho intramolecular Hbond substituents is 1. The van der Waals surface area contributed by atoms with Crippen LogP contribution in [-0.4, -0.2) is 54.9 Å². The normalized spacial score (nSPS) is 28.5. The van der Waals surface area contributed by atoms with Gasteiger partial charge in [-0.25, -0.2) is 0 Å². The van der Waals surface area contributed by atoms with Gasteiger partial charge in [-0.15, -0.1) is 0 Å². The van der Waals surface area contributed by atoms with Crippen LogP contribution in [0.3, 0.4) is 0 Å². The lowest BCUT2D eigenvalue weighted by Gasteiger charge is -2.65. The molecule has 0 aliphatic heterocycles. The number of aliphatic hydroxyl groups excluding tert-OH is 2. The summed E-state index contributed by atoms with van der Waals surface area (Å²) >= 11 is 0. The molecule has 4 N–H and O–H groups in total. The Morgan fingerprint density at radius 1 is 0.865 bits per heavy atom. The number of benzene rings is 3. The maximum absolute atomic E-state index is 15.0. The predicted octanol–water partition coefficient (Wildman–Crippen LogP) is 6.85. The second-order valence-corrected chi connectivity index (χ2v) is 15.6. The van der Waals surface area contributed by atoms with E-state index in [1.165, 1.54) is 6.92 Å². The molecule has 9 nitrogen and oxygen atoms in total. The number of carbonyl (C=O) groups is 5. The molecule has 0 aromatic heterocycles. The molecular formula is C43H46O9. The number of allylic oxidation sites excluding steroid dienone is 1. The molecule has 0 bridgehead atoms. The van der Waals surface area contributed by atoms with Crippen molar-refractivity contribution in [2.45, 2.75) is 85.7 Å². The van der Waals surface area contributed by atoms with Crippen LogP contribution in [0.4, 0.5) is 0 Å². The molecule has 3 aliphatic carbocycles. The highest BCUT2D eigenvalue weighted by atomic mass is 16.3. The molecule has 52 heavy (non-hydrogen) atoms. The third kappa shape index (κ3) is 4.88. The van der Waals surface area contributed by atoms with Gasteiger partial charge in [0.1, 0.15) is 34.4 Å². The van der Waals surface area contributed by atoms with E-state index in [-0.39, 0.29) is 53.9 Å². The summed E-state index contributed by atoms with van der Waals surface area (Å²) in [5.74, 6) is -8.61. The minimum Gasteiger partial charge on any atom is -0.508 e. The van der Waals surface area contributed by atoms with Gasteiger partial charge in [0, 0.05) is 53.6 Å². The molecule has 0 heterocycles.